The molecule has 0 bridgehead atoms. The van der Waals surface area contributed by atoms with Crippen LogP contribution in [0.4, 0.5) is 13.6 Å². The number of furan rings is 1. The van der Waals surface area contributed by atoms with E-state index < -0.39 is 86.0 Å². The maximum Gasteiger partial charge on any atom is 0.408 e. The quantitative estimate of drug-likeness (QED) is 0.205. The van der Waals surface area contributed by atoms with Crippen molar-refractivity contribution in [3.63, 3.8) is 0 Å². The number of carbonyl (C=O) groups is 4. The molecule has 3 fully saturated rings. The lowest BCUT2D eigenvalue weighted by Gasteiger charge is -2.30. The molecule has 5 atom stereocenters. The van der Waals surface area contributed by atoms with Gasteiger partial charge in [-0.05, 0) is 95.7 Å². The zero-order valence-corrected chi connectivity index (χ0v) is 33.1. The van der Waals surface area contributed by atoms with E-state index in [0.717, 1.165) is 6.42 Å². The van der Waals surface area contributed by atoms with Crippen LogP contribution >= 0.6 is 0 Å². The molecular formula is C41H45F2N5O9S. The summed E-state index contributed by atoms with van der Waals surface area (Å²) in [6, 6.07) is 5.47. The molecule has 17 heteroatoms. The average Bonchev–Trinajstić information content (AvgIpc) is 4.05. The summed E-state index contributed by atoms with van der Waals surface area (Å²) in [5.41, 5.74) is -1.48. The first-order valence-corrected chi connectivity index (χ1v) is 21.2. The number of benzene rings is 2. The standard InChI is InChI=1S/C41H45F2N5O9S/c1-40(2,3)57-39(52)45-30-10-8-6-4-5-7-9-22-20-41(22,38(51)47-58(53,54)26-13-14-26)46-36(49)31-19-25(21-48(31)37(30)50)55-34-27-17-23(42)11-15-29(27)44-33-28-18-24(43)12-16-32(28)56-35(33)34/h7,9,11-12,15-18,22,25-26,30-31H,4-6,8,10,13-14,19-21H2,1-3H3,(H,45,52)(H,46,49)(H,47,51)/b9-7-/t22-,25+,30-,31-,41+/m0/s1. The van der Waals surface area contributed by atoms with Gasteiger partial charge in [0.05, 0.1) is 17.3 Å². The van der Waals surface area contributed by atoms with Crippen LogP contribution < -0.4 is 20.1 Å². The molecule has 3 N–H and O–H groups in total. The van der Waals surface area contributed by atoms with Gasteiger partial charge in [-0.2, -0.15) is 0 Å². The van der Waals surface area contributed by atoms with Crippen LogP contribution in [-0.4, -0.2) is 83.2 Å². The van der Waals surface area contributed by atoms with E-state index in [4.69, 9.17) is 13.9 Å². The number of nitrogens with one attached hydrogen (secondary N) is 3. The molecule has 8 rings (SSSR count). The van der Waals surface area contributed by atoms with Crippen LogP contribution in [0.1, 0.15) is 78.6 Å². The third kappa shape index (κ3) is 7.92. The van der Waals surface area contributed by atoms with Crippen molar-refractivity contribution in [1.82, 2.24) is 25.2 Å². The van der Waals surface area contributed by atoms with E-state index in [2.05, 4.69) is 20.3 Å². The summed E-state index contributed by atoms with van der Waals surface area (Å²) >= 11 is 0. The highest BCUT2D eigenvalue weighted by molar-refractivity contribution is 7.91. The minimum Gasteiger partial charge on any atom is -0.484 e. The Morgan fingerprint density at radius 3 is 2.50 bits per heavy atom. The summed E-state index contributed by atoms with van der Waals surface area (Å²) in [5.74, 6) is -3.73. The van der Waals surface area contributed by atoms with Gasteiger partial charge in [0.1, 0.15) is 52.1 Å². The van der Waals surface area contributed by atoms with Crippen LogP contribution in [0.3, 0.4) is 0 Å². The molecule has 0 spiro atoms. The van der Waals surface area contributed by atoms with Crippen molar-refractivity contribution in [2.75, 3.05) is 6.54 Å². The van der Waals surface area contributed by atoms with Gasteiger partial charge in [-0.25, -0.2) is 27.0 Å². The van der Waals surface area contributed by atoms with Crippen LogP contribution in [0, 0.1) is 17.6 Å². The smallest absolute Gasteiger partial charge is 0.408 e. The number of halogens is 2. The van der Waals surface area contributed by atoms with Crippen molar-refractivity contribution < 1.29 is 50.3 Å². The van der Waals surface area contributed by atoms with Crippen molar-refractivity contribution in [2.24, 2.45) is 5.92 Å². The normalized spacial score (nSPS) is 26.3. The number of carbonyl (C=O) groups excluding carboxylic acids is 4. The molecule has 2 aliphatic carbocycles. The molecule has 0 radical (unpaired) electrons. The third-order valence-electron chi connectivity index (χ3n) is 11.1. The number of amides is 4. The lowest BCUT2D eigenvalue weighted by atomic mass is 10.0. The highest BCUT2D eigenvalue weighted by atomic mass is 32.2. The fraction of sp³-hybridized carbons (Fsp3) is 0.488. The first-order valence-electron chi connectivity index (χ1n) is 19.6. The molecule has 14 nitrogen and oxygen atoms in total. The Hall–Kier alpha value is -5.32. The fourth-order valence-corrected chi connectivity index (χ4v) is 9.30. The Bertz CT molecular complexity index is 2480. The Balaban J connectivity index is 1.16. The number of pyridine rings is 1. The van der Waals surface area contributed by atoms with Gasteiger partial charge < -0.3 is 29.4 Å². The number of ether oxygens (including phenoxy) is 2. The number of alkyl carbamates (subject to hydrolysis) is 1. The molecular weight excluding hydrogens is 777 g/mol. The van der Waals surface area contributed by atoms with Crippen LogP contribution in [0.25, 0.3) is 33.0 Å². The van der Waals surface area contributed by atoms with Gasteiger partial charge in [0.2, 0.25) is 21.8 Å². The number of aromatic nitrogens is 1. The monoisotopic (exact) mass is 821 g/mol. The Kier molecular flexibility index (Phi) is 10.1. The van der Waals surface area contributed by atoms with E-state index in [1.807, 2.05) is 12.2 Å². The van der Waals surface area contributed by atoms with Gasteiger partial charge in [0, 0.05) is 23.1 Å². The van der Waals surface area contributed by atoms with E-state index in [1.54, 1.807) is 20.8 Å². The zero-order valence-electron chi connectivity index (χ0n) is 32.3. The van der Waals surface area contributed by atoms with Crippen LogP contribution in [0.5, 0.6) is 5.75 Å². The Morgan fingerprint density at radius 1 is 1.02 bits per heavy atom. The lowest BCUT2D eigenvalue weighted by Crippen LogP contribution is -2.58. The summed E-state index contributed by atoms with van der Waals surface area (Å²) in [6.45, 7) is 4.90. The number of fused-ring (bicyclic) bond motifs is 6. The molecule has 4 heterocycles. The first kappa shape index (κ1) is 39.5. The third-order valence-corrected chi connectivity index (χ3v) is 12.9. The Morgan fingerprint density at radius 2 is 1.76 bits per heavy atom. The number of hydrogen-bond acceptors (Lipinski definition) is 10. The summed E-state index contributed by atoms with van der Waals surface area (Å²) in [4.78, 5) is 62.0. The number of nitrogens with zero attached hydrogens (tertiary/aromatic N) is 2. The van der Waals surface area contributed by atoms with Crippen LogP contribution in [0.15, 0.2) is 53.0 Å². The molecule has 2 aromatic carbocycles. The van der Waals surface area contributed by atoms with Gasteiger partial charge in [0.15, 0.2) is 11.3 Å². The molecule has 2 aromatic heterocycles. The van der Waals surface area contributed by atoms with Gasteiger partial charge >= 0.3 is 6.09 Å². The minimum atomic E-state index is -3.96. The van der Waals surface area contributed by atoms with E-state index >= 15 is 0 Å². The van der Waals surface area contributed by atoms with Crippen LogP contribution in [0.2, 0.25) is 0 Å². The predicted octanol–water partition coefficient (Wildman–Crippen LogP) is 5.66. The van der Waals surface area contributed by atoms with Crippen molar-refractivity contribution in [3.05, 3.63) is 60.2 Å². The molecule has 0 unspecified atom stereocenters. The summed E-state index contributed by atoms with van der Waals surface area (Å²) in [6.07, 6.45) is 5.74. The van der Waals surface area contributed by atoms with E-state index in [9.17, 15) is 36.4 Å². The van der Waals surface area contributed by atoms with Gasteiger partial charge in [0.25, 0.3) is 5.91 Å². The SMILES string of the molecule is CC(C)(C)OC(=O)N[C@H]1CCCCC/C=C\[C@H]2C[C@@]2(C(=O)NS(=O)(=O)C2CC2)NC(=O)[C@@H]2C[C@@H](Oc3c4cc(F)ccc4nc4c3oc3ccc(F)cc34)CN2C1=O. The second-order valence-electron chi connectivity index (χ2n) is 16.7. The van der Waals surface area contributed by atoms with E-state index in [0.29, 0.717) is 48.6 Å². The molecule has 4 amide bonds. The summed E-state index contributed by atoms with van der Waals surface area (Å²) in [7, 11) is -3.96. The van der Waals surface area contributed by atoms with Crippen molar-refractivity contribution in [1.29, 1.82) is 0 Å². The number of allylic oxidation sites excluding steroid dienone is 1. The van der Waals surface area contributed by atoms with E-state index in [-0.39, 0.29) is 48.0 Å². The van der Waals surface area contributed by atoms with Crippen molar-refractivity contribution in [3.8, 4) is 5.75 Å². The largest absolute Gasteiger partial charge is 0.484 e. The number of rotatable bonds is 6. The summed E-state index contributed by atoms with van der Waals surface area (Å²) in [5, 5.41) is 5.45. The maximum absolute atomic E-state index is 14.8. The molecule has 308 valence electrons. The molecule has 2 saturated carbocycles. The predicted molar refractivity (Wildman–Crippen MR) is 208 cm³/mol. The van der Waals surface area contributed by atoms with Gasteiger partial charge in [-0.3, -0.25) is 19.1 Å². The molecule has 4 aromatic rings. The van der Waals surface area contributed by atoms with Gasteiger partial charge in [-0.15, -0.1) is 0 Å². The minimum absolute atomic E-state index is 0.0636. The maximum atomic E-state index is 14.8. The second-order valence-corrected chi connectivity index (χ2v) is 18.7. The number of hydrogen-bond donors (Lipinski definition) is 3. The second kappa shape index (κ2) is 14.8. The Labute approximate surface area is 333 Å². The molecule has 2 aliphatic heterocycles. The van der Waals surface area contributed by atoms with Crippen molar-refractivity contribution in [2.45, 2.75) is 113 Å². The molecule has 4 aliphatic rings. The molecule has 1 saturated heterocycles. The topological polar surface area (TPSA) is 186 Å². The fourth-order valence-electron chi connectivity index (χ4n) is 7.93. The van der Waals surface area contributed by atoms with Crippen molar-refractivity contribution >= 4 is 66.8 Å². The van der Waals surface area contributed by atoms with E-state index in [1.165, 1.54) is 41.3 Å². The first-order chi connectivity index (χ1) is 27.5. The highest BCUT2D eigenvalue weighted by Gasteiger charge is 2.62. The zero-order chi connectivity index (χ0) is 41.1. The number of sulfonamides is 1. The molecule has 58 heavy (non-hydrogen) atoms. The highest BCUT2D eigenvalue weighted by Crippen LogP contribution is 2.46. The average molecular weight is 822 g/mol. The lowest BCUT2D eigenvalue weighted by molar-refractivity contribution is -0.141. The van der Waals surface area contributed by atoms with Gasteiger partial charge in [-0.1, -0.05) is 25.0 Å². The van der Waals surface area contributed by atoms with Crippen LogP contribution in [-0.2, 0) is 29.1 Å². The summed E-state index contributed by atoms with van der Waals surface area (Å²) < 4.78 is 75.4.